The first-order chi connectivity index (χ1) is 9.99. The van der Waals surface area contributed by atoms with Crippen molar-refractivity contribution < 1.29 is 14.7 Å². The predicted molar refractivity (Wildman–Crippen MR) is 83.0 cm³/mol. The van der Waals surface area contributed by atoms with E-state index in [9.17, 15) is 9.59 Å². The van der Waals surface area contributed by atoms with Gasteiger partial charge in [-0.1, -0.05) is 37.3 Å². The molecule has 0 radical (unpaired) electrons. The first-order valence-electron chi connectivity index (χ1n) is 7.55. The zero-order valence-corrected chi connectivity index (χ0v) is 12.8. The minimum atomic E-state index is -0.827. The van der Waals surface area contributed by atoms with E-state index in [1.54, 1.807) is 0 Å². The van der Waals surface area contributed by atoms with Crippen molar-refractivity contribution in [3.8, 4) is 0 Å². The van der Waals surface area contributed by atoms with Crippen molar-refractivity contribution >= 4 is 11.9 Å². The van der Waals surface area contributed by atoms with E-state index in [2.05, 4.69) is 17.4 Å². The van der Waals surface area contributed by atoms with Gasteiger partial charge in [0, 0.05) is 18.4 Å². The Morgan fingerprint density at radius 2 is 1.81 bits per heavy atom. The van der Waals surface area contributed by atoms with Gasteiger partial charge in [-0.25, -0.2) is 0 Å². The summed E-state index contributed by atoms with van der Waals surface area (Å²) < 4.78 is 0. The molecule has 0 aliphatic carbocycles. The van der Waals surface area contributed by atoms with Crippen LogP contribution in [0.25, 0.3) is 0 Å². The van der Waals surface area contributed by atoms with Gasteiger partial charge in [-0.3, -0.25) is 9.59 Å². The molecular formula is C17H25NO3. The van der Waals surface area contributed by atoms with Crippen LogP contribution in [0.5, 0.6) is 0 Å². The normalized spacial score (nSPS) is 13.4. The van der Waals surface area contributed by atoms with Gasteiger partial charge >= 0.3 is 5.97 Å². The highest BCUT2D eigenvalue weighted by Gasteiger charge is 2.15. The second-order valence-electron chi connectivity index (χ2n) is 5.62. The number of aliphatic carboxylic acids is 1. The lowest BCUT2D eigenvalue weighted by molar-refractivity contribution is -0.137. The SMILES string of the molecule is CC(CCC(=O)O)NC(=O)C(C)CCCc1ccccc1. The molecule has 0 spiro atoms. The summed E-state index contributed by atoms with van der Waals surface area (Å²) >= 11 is 0. The van der Waals surface area contributed by atoms with Crippen LogP contribution >= 0.6 is 0 Å². The highest BCUT2D eigenvalue weighted by Crippen LogP contribution is 2.11. The third-order valence-corrected chi connectivity index (χ3v) is 3.57. The van der Waals surface area contributed by atoms with E-state index >= 15 is 0 Å². The van der Waals surface area contributed by atoms with Crippen molar-refractivity contribution in [2.45, 2.75) is 52.0 Å². The van der Waals surface area contributed by atoms with Crippen LogP contribution in [0.3, 0.4) is 0 Å². The Bertz CT molecular complexity index is 445. The summed E-state index contributed by atoms with van der Waals surface area (Å²) in [5.74, 6) is -0.853. The number of aryl methyl sites for hydroxylation is 1. The average Bonchev–Trinajstić information content (AvgIpc) is 2.46. The second-order valence-corrected chi connectivity index (χ2v) is 5.62. The van der Waals surface area contributed by atoms with Gasteiger partial charge in [-0.2, -0.15) is 0 Å². The molecule has 1 rings (SSSR count). The van der Waals surface area contributed by atoms with E-state index in [-0.39, 0.29) is 24.3 Å². The van der Waals surface area contributed by atoms with Gasteiger partial charge in [0.25, 0.3) is 0 Å². The minimum absolute atomic E-state index is 0.0148. The summed E-state index contributed by atoms with van der Waals surface area (Å²) in [6.07, 6.45) is 3.35. The molecule has 0 aliphatic rings. The zero-order valence-electron chi connectivity index (χ0n) is 12.8. The van der Waals surface area contributed by atoms with Crippen LogP contribution in [-0.2, 0) is 16.0 Å². The van der Waals surface area contributed by atoms with E-state index in [0.717, 1.165) is 19.3 Å². The van der Waals surface area contributed by atoms with Gasteiger partial charge < -0.3 is 10.4 Å². The van der Waals surface area contributed by atoms with Crippen molar-refractivity contribution in [2.75, 3.05) is 0 Å². The fraction of sp³-hybridized carbons (Fsp3) is 0.529. The number of amides is 1. The van der Waals surface area contributed by atoms with Gasteiger partial charge in [-0.15, -0.1) is 0 Å². The highest BCUT2D eigenvalue weighted by atomic mass is 16.4. The van der Waals surface area contributed by atoms with Crippen LogP contribution in [-0.4, -0.2) is 23.0 Å². The van der Waals surface area contributed by atoms with Crippen molar-refractivity contribution in [3.05, 3.63) is 35.9 Å². The Balaban J connectivity index is 2.23. The van der Waals surface area contributed by atoms with E-state index in [0.29, 0.717) is 6.42 Å². The molecule has 0 bridgehead atoms. The van der Waals surface area contributed by atoms with Crippen LogP contribution in [0, 0.1) is 5.92 Å². The number of nitrogens with one attached hydrogen (secondary N) is 1. The van der Waals surface area contributed by atoms with E-state index in [1.165, 1.54) is 5.56 Å². The van der Waals surface area contributed by atoms with E-state index in [4.69, 9.17) is 5.11 Å². The predicted octanol–water partition coefficient (Wildman–Crippen LogP) is 3.01. The monoisotopic (exact) mass is 291 g/mol. The van der Waals surface area contributed by atoms with Gasteiger partial charge in [0.05, 0.1) is 0 Å². The molecule has 4 heteroatoms. The maximum Gasteiger partial charge on any atom is 0.303 e. The maximum atomic E-state index is 12.0. The third-order valence-electron chi connectivity index (χ3n) is 3.57. The molecule has 1 aromatic carbocycles. The van der Waals surface area contributed by atoms with Crippen LogP contribution in [0.1, 0.15) is 45.1 Å². The average molecular weight is 291 g/mol. The first-order valence-corrected chi connectivity index (χ1v) is 7.55. The lowest BCUT2D eigenvalue weighted by atomic mass is 10.00. The fourth-order valence-electron chi connectivity index (χ4n) is 2.19. The molecule has 0 saturated heterocycles. The standard InChI is InChI=1S/C17H25NO3/c1-13(7-6-10-15-8-4-3-5-9-15)17(21)18-14(2)11-12-16(19)20/h3-5,8-9,13-14H,6-7,10-12H2,1-2H3,(H,18,21)(H,19,20). The smallest absolute Gasteiger partial charge is 0.303 e. The molecule has 0 saturated carbocycles. The maximum absolute atomic E-state index is 12.0. The third kappa shape index (κ3) is 7.49. The summed E-state index contributed by atoms with van der Waals surface area (Å²) in [6, 6.07) is 10.1. The topological polar surface area (TPSA) is 66.4 Å². The molecular weight excluding hydrogens is 266 g/mol. The largest absolute Gasteiger partial charge is 0.481 e. The van der Waals surface area contributed by atoms with Gasteiger partial charge in [0.15, 0.2) is 0 Å². The molecule has 2 N–H and O–H groups in total. The molecule has 2 unspecified atom stereocenters. The number of hydrogen-bond acceptors (Lipinski definition) is 2. The minimum Gasteiger partial charge on any atom is -0.481 e. The van der Waals surface area contributed by atoms with E-state index in [1.807, 2.05) is 32.0 Å². The Labute approximate surface area is 126 Å². The van der Waals surface area contributed by atoms with Gasteiger partial charge in [0.2, 0.25) is 5.91 Å². The quantitative estimate of drug-likeness (QED) is 0.735. The lowest BCUT2D eigenvalue weighted by Crippen LogP contribution is -2.36. The number of rotatable bonds is 9. The Morgan fingerprint density at radius 1 is 1.14 bits per heavy atom. The number of benzene rings is 1. The van der Waals surface area contributed by atoms with Crippen molar-refractivity contribution in [1.82, 2.24) is 5.32 Å². The summed E-state index contributed by atoms with van der Waals surface area (Å²) in [6.45, 7) is 3.77. The van der Waals surface area contributed by atoms with Gasteiger partial charge in [-0.05, 0) is 38.2 Å². The number of carbonyl (C=O) groups is 2. The molecule has 0 aromatic heterocycles. The van der Waals surface area contributed by atoms with Crippen LogP contribution in [0.2, 0.25) is 0 Å². The molecule has 0 aliphatic heterocycles. The molecule has 116 valence electrons. The van der Waals surface area contributed by atoms with Crippen molar-refractivity contribution in [1.29, 1.82) is 0 Å². The highest BCUT2D eigenvalue weighted by molar-refractivity contribution is 5.78. The number of carboxylic acid groups (broad SMARTS) is 1. The fourth-order valence-corrected chi connectivity index (χ4v) is 2.19. The van der Waals surface area contributed by atoms with Crippen molar-refractivity contribution in [3.63, 3.8) is 0 Å². The molecule has 2 atom stereocenters. The second kappa shape index (κ2) is 9.16. The van der Waals surface area contributed by atoms with Crippen LogP contribution in [0.15, 0.2) is 30.3 Å². The number of carboxylic acids is 1. The lowest BCUT2D eigenvalue weighted by Gasteiger charge is -2.17. The first kappa shape index (κ1) is 17.2. The molecule has 21 heavy (non-hydrogen) atoms. The Hall–Kier alpha value is -1.84. The Morgan fingerprint density at radius 3 is 2.43 bits per heavy atom. The van der Waals surface area contributed by atoms with Crippen LogP contribution in [0.4, 0.5) is 0 Å². The molecule has 4 nitrogen and oxygen atoms in total. The van der Waals surface area contributed by atoms with Gasteiger partial charge in [0.1, 0.15) is 0 Å². The Kier molecular flexibility index (Phi) is 7.51. The van der Waals surface area contributed by atoms with Crippen molar-refractivity contribution in [2.24, 2.45) is 5.92 Å². The number of hydrogen-bond donors (Lipinski definition) is 2. The summed E-state index contributed by atoms with van der Waals surface area (Å²) in [5, 5.41) is 11.5. The summed E-state index contributed by atoms with van der Waals surface area (Å²) in [4.78, 5) is 22.5. The molecule has 0 fully saturated rings. The van der Waals surface area contributed by atoms with E-state index < -0.39 is 5.97 Å². The molecule has 1 amide bonds. The van der Waals surface area contributed by atoms with Crippen LogP contribution < -0.4 is 5.32 Å². The molecule has 0 heterocycles. The summed E-state index contributed by atoms with van der Waals surface area (Å²) in [7, 11) is 0. The summed E-state index contributed by atoms with van der Waals surface area (Å²) in [5.41, 5.74) is 1.29. The zero-order chi connectivity index (χ0) is 15.7. The number of carbonyl (C=O) groups excluding carboxylic acids is 1. The molecule has 1 aromatic rings.